The molecule has 1 aliphatic heterocycles. The molecule has 1 saturated heterocycles. The molecule has 0 aromatic carbocycles. The van der Waals surface area contributed by atoms with Gasteiger partial charge in [-0.2, -0.15) is 0 Å². The third-order valence-corrected chi connectivity index (χ3v) is 2.57. The minimum atomic E-state index is -0.182. The second kappa shape index (κ2) is 6.84. The number of rotatable bonds is 6. The van der Waals surface area contributed by atoms with Gasteiger partial charge >= 0.3 is 0 Å². The van der Waals surface area contributed by atoms with E-state index in [2.05, 4.69) is 19.6 Å². The van der Waals surface area contributed by atoms with Crippen LogP contribution in [0.5, 0.6) is 0 Å². The average Bonchev–Trinajstić information content (AvgIpc) is 2.65. The van der Waals surface area contributed by atoms with E-state index < -0.39 is 0 Å². The third-order valence-electron chi connectivity index (χ3n) is 2.57. The molecule has 0 aliphatic carbocycles. The topological polar surface area (TPSA) is 38.7 Å². The van der Waals surface area contributed by atoms with Gasteiger partial charge in [-0.15, -0.1) is 6.58 Å². The molecule has 2 unspecified atom stereocenters. The third kappa shape index (κ3) is 4.92. The zero-order valence-electron chi connectivity index (χ0n) is 10.2. The van der Waals surface area contributed by atoms with Crippen LogP contribution < -0.4 is 0 Å². The summed E-state index contributed by atoms with van der Waals surface area (Å²) in [5, 5.41) is 8.89. The van der Waals surface area contributed by atoms with E-state index in [0.717, 1.165) is 19.3 Å². The van der Waals surface area contributed by atoms with E-state index in [1.807, 2.05) is 6.92 Å². The Hall–Kier alpha value is -0.640. The normalized spacial score (nSPS) is 26.1. The lowest BCUT2D eigenvalue weighted by atomic mass is 10.1. The van der Waals surface area contributed by atoms with Crippen molar-refractivity contribution in [3.05, 3.63) is 23.8 Å². The first-order valence-corrected chi connectivity index (χ1v) is 5.79. The summed E-state index contributed by atoms with van der Waals surface area (Å²) in [5.74, 6) is 0. The van der Waals surface area contributed by atoms with Crippen molar-refractivity contribution in [3.8, 4) is 0 Å². The van der Waals surface area contributed by atoms with E-state index in [1.54, 1.807) is 0 Å². The Bertz CT molecular complexity index is 258. The van der Waals surface area contributed by atoms with Gasteiger partial charge in [-0.3, -0.25) is 0 Å². The molecule has 16 heavy (non-hydrogen) atoms. The molecule has 1 N–H and O–H groups in total. The maximum atomic E-state index is 8.89. The molecule has 1 rings (SSSR count). The van der Waals surface area contributed by atoms with Gasteiger partial charge in [0.1, 0.15) is 6.10 Å². The Morgan fingerprint density at radius 3 is 2.81 bits per heavy atom. The second-order valence-corrected chi connectivity index (χ2v) is 4.45. The molecule has 1 heterocycles. The Kier molecular flexibility index (Phi) is 5.74. The lowest BCUT2D eigenvalue weighted by Crippen LogP contribution is -2.16. The maximum absolute atomic E-state index is 8.89. The molecular weight excluding hydrogens is 204 g/mol. The number of aliphatic hydroxyl groups is 1. The molecule has 0 saturated carbocycles. The summed E-state index contributed by atoms with van der Waals surface area (Å²) >= 11 is 0. The maximum Gasteiger partial charge on any atom is 0.161 e. The summed E-state index contributed by atoms with van der Waals surface area (Å²) in [6.07, 6.45) is 4.71. The van der Waals surface area contributed by atoms with Crippen LogP contribution in [0.25, 0.3) is 0 Å². The van der Waals surface area contributed by atoms with Crippen LogP contribution in [-0.2, 0) is 9.47 Å². The zero-order valence-corrected chi connectivity index (χ0v) is 10.2. The highest BCUT2D eigenvalue weighted by molar-refractivity contribution is 5.01. The molecule has 0 amide bonds. The Morgan fingerprint density at radius 1 is 1.50 bits per heavy atom. The van der Waals surface area contributed by atoms with Gasteiger partial charge < -0.3 is 14.6 Å². The van der Waals surface area contributed by atoms with Crippen molar-refractivity contribution >= 4 is 0 Å². The molecule has 3 heteroatoms. The van der Waals surface area contributed by atoms with Crippen LogP contribution in [0.1, 0.15) is 33.1 Å². The molecule has 2 atom stereocenters. The molecule has 0 spiro atoms. The van der Waals surface area contributed by atoms with Crippen molar-refractivity contribution in [2.45, 2.75) is 45.5 Å². The summed E-state index contributed by atoms with van der Waals surface area (Å²) < 4.78 is 10.9. The fraction of sp³-hybridized carbons (Fsp3) is 0.692. The van der Waals surface area contributed by atoms with Gasteiger partial charge in [-0.05, 0) is 26.7 Å². The molecular formula is C13H22O3. The van der Waals surface area contributed by atoms with Gasteiger partial charge in [0, 0.05) is 6.42 Å². The fourth-order valence-corrected chi connectivity index (χ4v) is 1.62. The van der Waals surface area contributed by atoms with Gasteiger partial charge in [0.25, 0.3) is 0 Å². The van der Waals surface area contributed by atoms with E-state index >= 15 is 0 Å². The molecule has 0 aromatic rings. The summed E-state index contributed by atoms with van der Waals surface area (Å²) in [7, 11) is 0. The van der Waals surface area contributed by atoms with Gasteiger partial charge in [0.05, 0.1) is 13.2 Å². The highest BCUT2D eigenvalue weighted by Gasteiger charge is 2.24. The monoisotopic (exact) mass is 226 g/mol. The number of aliphatic hydroxyl groups excluding tert-OH is 1. The lowest BCUT2D eigenvalue weighted by molar-refractivity contribution is -0.0632. The first-order chi connectivity index (χ1) is 7.61. The van der Waals surface area contributed by atoms with Crippen LogP contribution in [0.4, 0.5) is 0 Å². The summed E-state index contributed by atoms with van der Waals surface area (Å²) in [6, 6.07) is 0. The van der Waals surface area contributed by atoms with Crippen molar-refractivity contribution in [1.82, 2.24) is 0 Å². The minimum absolute atomic E-state index is 0.0366. The standard InChI is InChI=1S/C13H22O3/c1-10(2)5-4-6-11(3)7-13-15-9-12(8-14)16-13/h6,12-14H,1,4-5,7-9H2,2-3H3. The van der Waals surface area contributed by atoms with Gasteiger partial charge in [0.2, 0.25) is 0 Å². The molecule has 0 bridgehead atoms. The first-order valence-electron chi connectivity index (χ1n) is 5.79. The number of hydrogen-bond donors (Lipinski definition) is 1. The summed E-state index contributed by atoms with van der Waals surface area (Å²) in [4.78, 5) is 0. The minimum Gasteiger partial charge on any atom is -0.394 e. The molecule has 3 nitrogen and oxygen atoms in total. The van der Waals surface area contributed by atoms with Crippen LogP contribution >= 0.6 is 0 Å². The smallest absolute Gasteiger partial charge is 0.161 e. The quantitative estimate of drug-likeness (QED) is 0.707. The van der Waals surface area contributed by atoms with Crippen molar-refractivity contribution in [3.63, 3.8) is 0 Å². The molecule has 0 aromatic heterocycles. The second-order valence-electron chi connectivity index (χ2n) is 4.45. The number of hydrogen-bond acceptors (Lipinski definition) is 3. The first kappa shape index (κ1) is 13.4. The molecule has 1 aliphatic rings. The van der Waals surface area contributed by atoms with E-state index in [-0.39, 0.29) is 19.0 Å². The predicted molar refractivity (Wildman–Crippen MR) is 64.1 cm³/mol. The highest BCUT2D eigenvalue weighted by Crippen LogP contribution is 2.18. The van der Waals surface area contributed by atoms with Crippen LogP contribution in [0, 0.1) is 0 Å². The van der Waals surface area contributed by atoms with Crippen LogP contribution in [0.15, 0.2) is 23.8 Å². The van der Waals surface area contributed by atoms with Gasteiger partial charge in [-0.1, -0.05) is 17.2 Å². The van der Waals surface area contributed by atoms with Crippen molar-refractivity contribution in [2.24, 2.45) is 0 Å². The van der Waals surface area contributed by atoms with Crippen LogP contribution in [-0.4, -0.2) is 30.7 Å². The van der Waals surface area contributed by atoms with Crippen molar-refractivity contribution in [2.75, 3.05) is 13.2 Å². The number of ether oxygens (including phenoxy) is 2. The van der Waals surface area contributed by atoms with E-state index in [1.165, 1.54) is 11.1 Å². The van der Waals surface area contributed by atoms with Crippen LogP contribution in [0.3, 0.4) is 0 Å². The summed E-state index contributed by atoms with van der Waals surface area (Å²) in [6.45, 7) is 8.53. The predicted octanol–water partition coefficient (Wildman–Crippen LogP) is 2.41. The summed E-state index contributed by atoms with van der Waals surface area (Å²) in [5.41, 5.74) is 2.47. The Morgan fingerprint density at radius 2 is 2.25 bits per heavy atom. The lowest BCUT2D eigenvalue weighted by Gasteiger charge is -2.10. The van der Waals surface area contributed by atoms with E-state index in [0.29, 0.717) is 6.61 Å². The van der Waals surface area contributed by atoms with Crippen molar-refractivity contribution < 1.29 is 14.6 Å². The fourth-order valence-electron chi connectivity index (χ4n) is 1.62. The van der Waals surface area contributed by atoms with Crippen LogP contribution in [0.2, 0.25) is 0 Å². The average molecular weight is 226 g/mol. The number of allylic oxidation sites excluding steroid dienone is 2. The van der Waals surface area contributed by atoms with E-state index in [9.17, 15) is 0 Å². The Balaban J connectivity index is 2.23. The molecule has 0 radical (unpaired) electrons. The highest BCUT2D eigenvalue weighted by atomic mass is 16.7. The van der Waals surface area contributed by atoms with Gasteiger partial charge in [-0.25, -0.2) is 0 Å². The zero-order chi connectivity index (χ0) is 12.0. The largest absolute Gasteiger partial charge is 0.394 e. The van der Waals surface area contributed by atoms with E-state index in [4.69, 9.17) is 14.6 Å². The molecule has 92 valence electrons. The molecule has 1 fully saturated rings. The SMILES string of the molecule is C=C(C)CCC=C(C)CC1OCC(CO)O1. The van der Waals surface area contributed by atoms with Gasteiger partial charge in [0.15, 0.2) is 6.29 Å². The van der Waals surface area contributed by atoms with Crippen molar-refractivity contribution in [1.29, 1.82) is 0 Å². The Labute approximate surface area is 97.8 Å².